The van der Waals surface area contributed by atoms with Crippen molar-refractivity contribution < 1.29 is 0 Å². The fourth-order valence-electron chi connectivity index (χ4n) is 2.35. The molecule has 0 aliphatic carbocycles. The summed E-state index contributed by atoms with van der Waals surface area (Å²) in [6.45, 7) is 0. The quantitative estimate of drug-likeness (QED) is 0.717. The van der Waals surface area contributed by atoms with Crippen LogP contribution < -0.4 is 5.73 Å². The van der Waals surface area contributed by atoms with Crippen LogP contribution in [0.2, 0.25) is 5.02 Å². The molecule has 21 heavy (non-hydrogen) atoms. The lowest BCUT2D eigenvalue weighted by Crippen LogP contribution is -2.10. The van der Waals surface area contributed by atoms with Gasteiger partial charge in [0, 0.05) is 4.88 Å². The monoisotopic (exact) mass is 313 g/mol. The van der Waals surface area contributed by atoms with Crippen molar-refractivity contribution in [3.63, 3.8) is 0 Å². The summed E-state index contributed by atoms with van der Waals surface area (Å²) in [5.41, 5.74) is 9.99. The third-order valence-corrected chi connectivity index (χ3v) is 4.96. The molecule has 0 aliphatic heterocycles. The largest absolute Gasteiger partial charge is 0.320 e. The van der Waals surface area contributed by atoms with Crippen LogP contribution >= 0.6 is 22.9 Å². The zero-order valence-electron chi connectivity index (χ0n) is 11.5. The summed E-state index contributed by atoms with van der Waals surface area (Å²) in [7, 11) is 0. The average molecular weight is 314 g/mol. The normalized spacial score (nSPS) is 12.3. The van der Waals surface area contributed by atoms with E-state index in [4.69, 9.17) is 17.3 Å². The Kier molecular flexibility index (Phi) is 4.39. The average Bonchev–Trinajstić information content (AvgIpc) is 2.94. The zero-order chi connectivity index (χ0) is 14.7. The van der Waals surface area contributed by atoms with E-state index in [9.17, 15) is 0 Å². The van der Waals surface area contributed by atoms with Gasteiger partial charge in [0.2, 0.25) is 0 Å². The van der Waals surface area contributed by atoms with E-state index >= 15 is 0 Å². The maximum atomic E-state index is 6.29. The molecular weight excluding hydrogens is 298 g/mol. The van der Waals surface area contributed by atoms with E-state index in [0.717, 1.165) is 21.9 Å². The first-order valence-electron chi connectivity index (χ1n) is 6.85. The van der Waals surface area contributed by atoms with E-state index in [-0.39, 0.29) is 6.04 Å². The van der Waals surface area contributed by atoms with Crippen LogP contribution in [0, 0.1) is 0 Å². The molecule has 0 fully saturated rings. The van der Waals surface area contributed by atoms with Gasteiger partial charge in [-0.25, -0.2) is 0 Å². The van der Waals surface area contributed by atoms with Crippen molar-refractivity contribution in [1.82, 2.24) is 0 Å². The Morgan fingerprint density at radius 1 is 0.905 bits per heavy atom. The Morgan fingerprint density at radius 2 is 1.57 bits per heavy atom. The zero-order valence-corrected chi connectivity index (χ0v) is 13.1. The Balaban J connectivity index is 1.77. The van der Waals surface area contributed by atoms with Gasteiger partial charge >= 0.3 is 0 Å². The standard InChI is InChI=1S/C18H16ClNS/c19-16-10-11-21-18(16)17(20)15-8-6-14(7-9-15)12-13-4-2-1-3-5-13/h1-11,17H,12,20H2. The van der Waals surface area contributed by atoms with Crippen LogP contribution in [0.1, 0.15) is 27.6 Å². The maximum Gasteiger partial charge on any atom is 0.0661 e. The highest BCUT2D eigenvalue weighted by atomic mass is 35.5. The number of thiophene rings is 1. The van der Waals surface area contributed by atoms with Crippen molar-refractivity contribution in [2.45, 2.75) is 12.5 Å². The maximum absolute atomic E-state index is 6.29. The fourth-order valence-corrected chi connectivity index (χ4v) is 3.56. The van der Waals surface area contributed by atoms with Crippen LogP contribution in [0.4, 0.5) is 0 Å². The van der Waals surface area contributed by atoms with Gasteiger partial charge in [-0.15, -0.1) is 11.3 Å². The van der Waals surface area contributed by atoms with Crippen molar-refractivity contribution in [3.8, 4) is 0 Å². The third kappa shape index (κ3) is 3.35. The van der Waals surface area contributed by atoms with E-state index in [1.54, 1.807) is 11.3 Å². The molecule has 106 valence electrons. The van der Waals surface area contributed by atoms with Gasteiger partial charge in [0.25, 0.3) is 0 Å². The van der Waals surface area contributed by atoms with Gasteiger partial charge in [0.15, 0.2) is 0 Å². The molecule has 2 aromatic carbocycles. The fraction of sp³-hybridized carbons (Fsp3) is 0.111. The SMILES string of the molecule is NC(c1ccc(Cc2ccccc2)cc1)c1sccc1Cl. The lowest BCUT2D eigenvalue weighted by Gasteiger charge is -2.12. The number of rotatable bonds is 4. The molecule has 0 saturated heterocycles. The number of hydrogen-bond donors (Lipinski definition) is 1. The van der Waals surface area contributed by atoms with Crippen molar-refractivity contribution in [2.24, 2.45) is 5.73 Å². The molecule has 1 unspecified atom stereocenters. The molecule has 1 nitrogen and oxygen atoms in total. The lowest BCUT2D eigenvalue weighted by molar-refractivity contribution is 0.892. The summed E-state index contributed by atoms with van der Waals surface area (Å²) in [5.74, 6) is 0. The van der Waals surface area contributed by atoms with Crippen molar-refractivity contribution in [3.05, 3.63) is 92.6 Å². The highest BCUT2D eigenvalue weighted by Gasteiger charge is 2.13. The summed E-state index contributed by atoms with van der Waals surface area (Å²) >= 11 is 7.76. The molecule has 0 spiro atoms. The summed E-state index contributed by atoms with van der Waals surface area (Å²) in [5, 5.41) is 2.72. The van der Waals surface area contributed by atoms with Crippen LogP contribution in [-0.2, 0) is 6.42 Å². The van der Waals surface area contributed by atoms with Gasteiger partial charge in [-0.05, 0) is 34.6 Å². The van der Waals surface area contributed by atoms with Gasteiger partial charge < -0.3 is 5.73 Å². The van der Waals surface area contributed by atoms with Gasteiger partial charge in [0.05, 0.1) is 11.1 Å². The highest BCUT2D eigenvalue weighted by Crippen LogP contribution is 2.31. The molecule has 2 N–H and O–H groups in total. The van der Waals surface area contributed by atoms with Crippen LogP contribution in [-0.4, -0.2) is 0 Å². The molecule has 1 heterocycles. The number of hydrogen-bond acceptors (Lipinski definition) is 2. The minimum absolute atomic E-state index is 0.150. The Labute approximate surface area is 134 Å². The summed E-state index contributed by atoms with van der Waals surface area (Å²) in [6.07, 6.45) is 0.941. The van der Waals surface area contributed by atoms with Crippen LogP contribution in [0.3, 0.4) is 0 Å². The predicted octanol–water partition coefficient (Wildman–Crippen LogP) is 5.04. The van der Waals surface area contributed by atoms with E-state index in [1.807, 2.05) is 17.5 Å². The predicted molar refractivity (Wildman–Crippen MR) is 91.0 cm³/mol. The van der Waals surface area contributed by atoms with E-state index < -0.39 is 0 Å². The number of benzene rings is 2. The molecule has 0 amide bonds. The second kappa shape index (κ2) is 6.44. The van der Waals surface area contributed by atoms with Gasteiger partial charge in [-0.1, -0.05) is 66.2 Å². The van der Waals surface area contributed by atoms with Crippen LogP contribution in [0.15, 0.2) is 66.0 Å². The topological polar surface area (TPSA) is 26.0 Å². The van der Waals surface area contributed by atoms with E-state index in [0.29, 0.717) is 0 Å². The Bertz CT molecular complexity index is 704. The van der Waals surface area contributed by atoms with Crippen molar-refractivity contribution in [2.75, 3.05) is 0 Å². The summed E-state index contributed by atoms with van der Waals surface area (Å²) in [4.78, 5) is 1.02. The Morgan fingerprint density at radius 3 is 2.19 bits per heavy atom. The molecule has 0 radical (unpaired) electrons. The molecule has 3 aromatic rings. The first-order valence-corrected chi connectivity index (χ1v) is 8.11. The molecule has 1 atom stereocenters. The van der Waals surface area contributed by atoms with Crippen LogP contribution in [0.25, 0.3) is 0 Å². The second-order valence-corrected chi connectivity index (χ2v) is 6.37. The molecular formula is C18H16ClNS. The van der Waals surface area contributed by atoms with Gasteiger partial charge in [-0.2, -0.15) is 0 Å². The van der Waals surface area contributed by atoms with Gasteiger partial charge in [-0.3, -0.25) is 0 Å². The summed E-state index contributed by atoms with van der Waals surface area (Å²) in [6, 6.07) is 20.7. The third-order valence-electron chi connectivity index (χ3n) is 3.52. The first-order chi connectivity index (χ1) is 10.2. The smallest absolute Gasteiger partial charge is 0.0661 e. The van der Waals surface area contributed by atoms with E-state index in [2.05, 4.69) is 48.5 Å². The lowest BCUT2D eigenvalue weighted by atomic mass is 10.0. The molecule has 0 aliphatic rings. The van der Waals surface area contributed by atoms with Crippen LogP contribution in [0.5, 0.6) is 0 Å². The Hall–Kier alpha value is -1.61. The number of nitrogens with two attached hydrogens (primary N) is 1. The summed E-state index contributed by atoms with van der Waals surface area (Å²) < 4.78 is 0. The second-order valence-electron chi connectivity index (χ2n) is 5.01. The molecule has 0 bridgehead atoms. The first kappa shape index (κ1) is 14.3. The van der Waals surface area contributed by atoms with Crippen molar-refractivity contribution >= 4 is 22.9 Å². The van der Waals surface area contributed by atoms with Crippen molar-refractivity contribution in [1.29, 1.82) is 0 Å². The minimum Gasteiger partial charge on any atom is -0.320 e. The van der Waals surface area contributed by atoms with E-state index in [1.165, 1.54) is 11.1 Å². The molecule has 0 saturated carbocycles. The van der Waals surface area contributed by atoms with Gasteiger partial charge in [0.1, 0.15) is 0 Å². The molecule has 1 aromatic heterocycles. The minimum atomic E-state index is -0.150. The highest BCUT2D eigenvalue weighted by molar-refractivity contribution is 7.10. The molecule has 3 rings (SSSR count). The molecule has 3 heteroatoms. The number of halogens is 1.